The Morgan fingerprint density at radius 3 is 0.528 bits per heavy atom. The Morgan fingerprint density at radius 1 is 0.208 bits per heavy atom. The quantitative estimate of drug-likeness (QED) is 0.0330. The summed E-state index contributed by atoms with van der Waals surface area (Å²) in [5.74, 6) is 6.75. The lowest BCUT2D eigenvalue weighted by molar-refractivity contribution is 0.519. The highest BCUT2D eigenvalue weighted by atomic mass is 31.1. The van der Waals surface area contributed by atoms with Crippen LogP contribution in [0.25, 0.3) is 0 Å². The highest BCUT2D eigenvalue weighted by molar-refractivity contribution is 7.49. The van der Waals surface area contributed by atoms with Crippen LogP contribution in [0.1, 0.15) is 309 Å². The van der Waals surface area contributed by atoms with E-state index in [9.17, 15) is 0 Å². The highest BCUT2D eigenvalue weighted by Crippen LogP contribution is 2.17. The maximum absolute atomic E-state index is 3.38. The second-order valence-corrected chi connectivity index (χ2v) is 17.8. The molecule has 0 heterocycles. The molecule has 0 aromatic heterocycles. The summed E-state index contributed by atoms with van der Waals surface area (Å²) >= 11 is 0. The van der Waals surface area contributed by atoms with Crippen LogP contribution in [0.2, 0.25) is 0 Å². The summed E-state index contributed by atoms with van der Waals surface area (Å²) in [7, 11) is 0.530. The molecule has 0 N–H and O–H groups in total. The largest absolute Gasteiger partial charge is 0.0979 e. The van der Waals surface area contributed by atoms with E-state index in [-0.39, 0.29) is 0 Å². The average Bonchev–Trinajstić information content (AvgIpc) is 3.17. The molecule has 0 unspecified atom stereocenters. The van der Waals surface area contributed by atoms with E-state index in [1.807, 2.05) is 0 Å². The van der Waals surface area contributed by atoms with E-state index in [2.05, 4.69) is 37.0 Å². The van der Waals surface area contributed by atoms with Gasteiger partial charge < -0.3 is 0 Å². The van der Waals surface area contributed by atoms with Crippen molar-refractivity contribution in [2.45, 2.75) is 309 Å². The Morgan fingerprint density at radius 2 is 0.358 bits per heavy atom. The molecule has 0 bridgehead atoms. The standard InChI is InChI=1S/C52H99P/c1-3-5-7-9-11-13-15-17-19-21-23-25-27-29-31-33-35-37-39-41-43-45-47-49-51-53-52-50-48-46-44-42-40-38-36-34-32-30-28-26-24-22-20-18-16-14-12-10-8-6-4-2/h53H,3-48H2,1-2H3. The Labute approximate surface area is 339 Å². The van der Waals surface area contributed by atoms with E-state index in [4.69, 9.17) is 0 Å². The van der Waals surface area contributed by atoms with Crippen LogP contribution in [0.15, 0.2) is 0 Å². The van der Waals surface area contributed by atoms with Crippen molar-refractivity contribution in [1.29, 1.82) is 0 Å². The Hall–Kier alpha value is -0.450. The predicted molar refractivity (Wildman–Crippen MR) is 248 cm³/mol. The van der Waals surface area contributed by atoms with E-state index in [0.29, 0.717) is 8.58 Å². The summed E-state index contributed by atoms with van der Waals surface area (Å²) in [6.45, 7) is 4.62. The minimum Gasteiger partial charge on any atom is -0.0979 e. The van der Waals surface area contributed by atoms with Gasteiger partial charge in [-0.2, -0.15) is 0 Å². The molecule has 0 aliphatic heterocycles. The first-order chi connectivity index (χ1) is 26.4. The van der Waals surface area contributed by atoms with E-state index >= 15 is 0 Å². The first-order valence-electron chi connectivity index (χ1n) is 25.1. The monoisotopic (exact) mass is 755 g/mol. The third kappa shape index (κ3) is 51.5. The topological polar surface area (TPSA) is 0 Å². The normalized spacial score (nSPS) is 11.1. The van der Waals surface area contributed by atoms with Crippen LogP contribution in [0.4, 0.5) is 0 Å². The van der Waals surface area contributed by atoms with E-state index in [0.717, 1.165) is 12.8 Å². The minimum absolute atomic E-state index is 0.530. The van der Waals surface area contributed by atoms with Gasteiger partial charge in [0.1, 0.15) is 0 Å². The summed E-state index contributed by atoms with van der Waals surface area (Å²) in [5.41, 5.74) is 6.64. The van der Waals surface area contributed by atoms with Crippen molar-refractivity contribution < 1.29 is 0 Å². The smallest absolute Gasteiger partial charge is 0.0358 e. The SMILES string of the molecule is CCCCCCCCCCCCCCCCCCCCCCCCC#CPC#CCCCCCCCCCCCCCCCCCCCCCCCC. The van der Waals surface area contributed by atoms with Crippen LogP contribution in [0.3, 0.4) is 0 Å². The molecular weight excluding hydrogens is 656 g/mol. The van der Waals surface area contributed by atoms with Crippen LogP contribution in [0, 0.1) is 23.2 Å². The number of hydrogen-bond acceptors (Lipinski definition) is 0. The number of hydrogen-bond donors (Lipinski definition) is 0. The molecule has 0 aromatic carbocycles. The zero-order valence-corrected chi connectivity index (χ0v) is 38.0. The second kappa shape index (κ2) is 51.5. The summed E-state index contributed by atoms with van der Waals surface area (Å²) in [4.78, 5) is 0. The zero-order chi connectivity index (χ0) is 38.1. The van der Waals surface area contributed by atoms with E-state index in [1.165, 1.54) is 283 Å². The number of rotatable bonds is 44. The first-order valence-corrected chi connectivity index (χ1v) is 26.1. The minimum atomic E-state index is 0.530. The molecule has 0 fully saturated rings. The average molecular weight is 755 g/mol. The third-order valence-corrected chi connectivity index (χ3v) is 12.2. The van der Waals surface area contributed by atoms with Gasteiger partial charge in [0.15, 0.2) is 0 Å². The molecule has 0 amide bonds. The van der Waals surface area contributed by atoms with Crippen molar-refractivity contribution in [2.24, 2.45) is 0 Å². The predicted octanol–water partition coefficient (Wildman–Crippen LogP) is 19.6. The van der Waals surface area contributed by atoms with Gasteiger partial charge in [-0.05, 0) is 12.8 Å². The lowest BCUT2D eigenvalue weighted by Crippen LogP contribution is -1.84. The molecule has 0 rings (SSSR count). The fourth-order valence-electron chi connectivity index (χ4n) is 7.89. The maximum Gasteiger partial charge on any atom is 0.0358 e. The molecule has 0 spiro atoms. The molecule has 0 saturated carbocycles. The second-order valence-electron chi connectivity index (χ2n) is 17.1. The third-order valence-electron chi connectivity index (χ3n) is 11.6. The Kier molecular flexibility index (Phi) is 51.1. The maximum atomic E-state index is 3.38. The fraction of sp³-hybridized carbons (Fsp3) is 0.923. The summed E-state index contributed by atoms with van der Waals surface area (Å²) in [6, 6.07) is 0. The van der Waals surface area contributed by atoms with Crippen molar-refractivity contribution in [1.82, 2.24) is 0 Å². The molecule has 1 heteroatoms. The van der Waals surface area contributed by atoms with Gasteiger partial charge >= 0.3 is 0 Å². The molecule has 0 aromatic rings. The van der Waals surface area contributed by atoms with Gasteiger partial charge in [-0.25, -0.2) is 0 Å². The van der Waals surface area contributed by atoms with Crippen LogP contribution in [-0.4, -0.2) is 0 Å². The lowest BCUT2D eigenvalue weighted by atomic mass is 10.0. The van der Waals surface area contributed by atoms with Crippen molar-refractivity contribution in [2.75, 3.05) is 0 Å². The van der Waals surface area contributed by atoms with Crippen molar-refractivity contribution in [3.63, 3.8) is 0 Å². The van der Waals surface area contributed by atoms with Gasteiger partial charge in [0.2, 0.25) is 0 Å². The van der Waals surface area contributed by atoms with Crippen LogP contribution >= 0.6 is 8.58 Å². The van der Waals surface area contributed by atoms with Crippen molar-refractivity contribution in [3.05, 3.63) is 0 Å². The summed E-state index contributed by atoms with van der Waals surface area (Å²) < 4.78 is 0. The van der Waals surface area contributed by atoms with Crippen molar-refractivity contribution in [3.8, 4) is 23.2 Å². The highest BCUT2D eigenvalue weighted by Gasteiger charge is 1.98. The first kappa shape index (κ1) is 52.6. The summed E-state index contributed by atoms with van der Waals surface area (Å²) in [6.07, 6.45) is 65.9. The number of unbranched alkanes of at least 4 members (excludes halogenated alkanes) is 44. The Bertz CT molecular complexity index is 698. The van der Waals surface area contributed by atoms with E-state index < -0.39 is 0 Å². The van der Waals surface area contributed by atoms with E-state index in [1.54, 1.807) is 0 Å². The summed E-state index contributed by atoms with van der Waals surface area (Å²) in [5, 5.41) is 0. The fourth-order valence-corrected chi connectivity index (χ4v) is 8.38. The lowest BCUT2D eigenvalue weighted by Gasteiger charge is -2.04. The zero-order valence-electron chi connectivity index (χ0n) is 37.0. The molecule has 0 aliphatic rings. The molecule has 0 atom stereocenters. The van der Waals surface area contributed by atoms with Gasteiger partial charge in [-0.3, -0.25) is 0 Å². The molecule has 0 radical (unpaired) electrons. The van der Waals surface area contributed by atoms with Gasteiger partial charge in [-0.1, -0.05) is 307 Å². The molecule has 0 saturated heterocycles. The Balaban J connectivity index is 3.18. The molecule has 0 aliphatic carbocycles. The molecule has 0 nitrogen and oxygen atoms in total. The van der Waals surface area contributed by atoms with Crippen LogP contribution in [0.5, 0.6) is 0 Å². The van der Waals surface area contributed by atoms with Gasteiger partial charge in [-0.15, -0.1) is 0 Å². The molecular formula is C52H99P. The van der Waals surface area contributed by atoms with Gasteiger partial charge in [0.25, 0.3) is 0 Å². The molecule has 312 valence electrons. The van der Waals surface area contributed by atoms with Gasteiger partial charge in [0.05, 0.1) is 0 Å². The van der Waals surface area contributed by atoms with Crippen molar-refractivity contribution >= 4 is 8.58 Å². The van der Waals surface area contributed by atoms with Crippen LogP contribution in [-0.2, 0) is 0 Å². The van der Waals surface area contributed by atoms with Crippen LogP contribution < -0.4 is 0 Å². The molecule has 53 heavy (non-hydrogen) atoms. The van der Waals surface area contributed by atoms with Gasteiger partial charge in [0, 0.05) is 21.4 Å².